The molecule has 18 heavy (non-hydrogen) atoms. The number of nitrogens with zero attached hydrogens (tertiary/aromatic N) is 2. The van der Waals surface area contributed by atoms with Crippen LogP contribution in [-0.4, -0.2) is 36.7 Å². The first-order chi connectivity index (χ1) is 8.72. The highest BCUT2D eigenvalue weighted by Crippen LogP contribution is 2.39. The minimum atomic E-state index is 0.578. The summed E-state index contributed by atoms with van der Waals surface area (Å²) in [7, 11) is 6.08. The first kappa shape index (κ1) is 11.6. The molecule has 1 heterocycles. The summed E-state index contributed by atoms with van der Waals surface area (Å²) in [5, 5.41) is 1.26. The summed E-state index contributed by atoms with van der Waals surface area (Å²) in [6.45, 7) is 0. The van der Waals surface area contributed by atoms with E-state index >= 15 is 0 Å². The van der Waals surface area contributed by atoms with Gasteiger partial charge in [-0.1, -0.05) is 12.1 Å². The van der Waals surface area contributed by atoms with Gasteiger partial charge in [0, 0.05) is 23.7 Å². The number of rotatable bonds is 3. The fourth-order valence-corrected chi connectivity index (χ4v) is 3.02. The number of hydrogen-bond donors (Lipinski definition) is 0. The Bertz CT molecular complexity index is 559. The van der Waals surface area contributed by atoms with Crippen molar-refractivity contribution in [1.82, 2.24) is 9.47 Å². The number of hydrogen-bond acceptors (Lipinski definition) is 2. The van der Waals surface area contributed by atoms with Crippen LogP contribution in [0.25, 0.3) is 10.9 Å². The summed E-state index contributed by atoms with van der Waals surface area (Å²) in [6.07, 6.45) is 4.74. The molecule has 1 aromatic heterocycles. The predicted octanol–water partition coefficient (Wildman–Crippen LogP) is 2.92. The summed E-state index contributed by atoms with van der Waals surface area (Å²) in [5.41, 5.74) is 1.23. The highest BCUT2D eigenvalue weighted by molar-refractivity contribution is 5.86. The lowest BCUT2D eigenvalue weighted by Gasteiger charge is -2.42. The minimum absolute atomic E-state index is 0.578. The second kappa shape index (κ2) is 4.32. The van der Waals surface area contributed by atoms with Crippen molar-refractivity contribution in [2.75, 3.05) is 21.2 Å². The van der Waals surface area contributed by atoms with Crippen molar-refractivity contribution in [3.63, 3.8) is 0 Å². The van der Waals surface area contributed by atoms with Crippen molar-refractivity contribution >= 4 is 10.9 Å². The van der Waals surface area contributed by atoms with Gasteiger partial charge in [-0.25, -0.2) is 0 Å². The van der Waals surface area contributed by atoms with E-state index in [9.17, 15) is 0 Å². The van der Waals surface area contributed by atoms with Gasteiger partial charge in [-0.05, 0) is 39.1 Å². The molecule has 1 aliphatic carbocycles. The number of ether oxygens (including phenoxy) is 1. The van der Waals surface area contributed by atoms with Crippen molar-refractivity contribution in [3.05, 3.63) is 30.5 Å². The number of methoxy groups -OCH3 is 1. The summed E-state index contributed by atoms with van der Waals surface area (Å²) >= 11 is 0. The molecule has 2 aromatic rings. The molecule has 2 atom stereocenters. The van der Waals surface area contributed by atoms with Crippen molar-refractivity contribution in [1.29, 1.82) is 0 Å². The second-order valence-corrected chi connectivity index (χ2v) is 5.30. The molecule has 0 radical (unpaired) electrons. The topological polar surface area (TPSA) is 17.4 Å². The standard InChI is InChI=1S/C15H20N2O/c1-16(2)12-7-8-13(12)17-10-9-11-5-4-6-14(18-3)15(11)17/h4-6,9-10,12-13H,7-8H2,1-3H3. The molecule has 0 spiro atoms. The Labute approximate surface area is 108 Å². The van der Waals surface area contributed by atoms with Crippen LogP contribution in [0, 0.1) is 0 Å². The van der Waals surface area contributed by atoms with Gasteiger partial charge in [0.25, 0.3) is 0 Å². The van der Waals surface area contributed by atoms with Crippen molar-refractivity contribution in [3.8, 4) is 5.75 Å². The number of aromatic nitrogens is 1. The van der Waals surface area contributed by atoms with Crippen molar-refractivity contribution in [2.45, 2.75) is 24.9 Å². The van der Waals surface area contributed by atoms with Gasteiger partial charge in [0.05, 0.1) is 12.6 Å². The Hall–Kier alpha value is -1.48. The lowest BCUT2D eigenvalue weighted by atomic mass is 9.85. The highest BCUT2D eigenvalue weighted by Gasteiger charge is 2.34. The average molecular weight is 244 g/mol. The molecule has 3 nitrogen and oxygen atoms in total. The van der Waals surface area contributed by atoms with Crippen LogP contribution in [0.1, 0.15) is 18.9 Å². The van der Waals surface area contributed by atoms with Crippen LogP contribution in [0.15, 0.2) is 30.5 Å². The van der Waals surface area contributed by atoms with Crippen LogP contribution in [0.4, 0.5) is 0 Å². The van der Waals surface area contributed by atoms with Gasteiger partial charge in [0.1, 0.15) is 5.75 Å². The van der Waals surface area contributed by atoms with Crippen molar-refractivity contribution < 1.29 is 4.74 Å². The largest absolute Gasteiger partial charge is 0.495 e. The summed E-state index contributed by atoms with van der Waals surface area (Å²) in [5.74, 6) is 0.974. The SMILES string of the molecule is COc1cccc2ccn(C3CCC3N(C)C)c12. The number of fused-ring (bicyclic) bond motifs is 1. The molecular formula is C15H20N2O. The molecule has 0 aliphatic heterocycles. The smallest absolute Gasteiger partial charge is 0.143 e. The molecule has 1 fully saturated rings. The van der Waals surface area contributed by atoms with Crippen LogP contribution >= 0.6 is 0 Å². The molecule has 1 aromatic carbocycles. The van der Waals surface area contributed by atoms with E-state index in [1.54, 1.807) is 7.11 Å². The molecular weight excluding hydrogens is 224 g/mol. The van der Waals surface area contributed by atoms with E-state index in [1.807, 2.05) is 6.07 Å². The molecule has 0 amide bonds. The van der Waals surface area contributed by atoms with Crippen molar-refractivity contribution in [2.24, 2.45) is 0 Å². The van der Waals surface area contributed by atoms with Gasteiger partial charge in [0.15, 0.2) is 0 Å². The van der Waals surface area contributed by atoms with Gasteiger partial charge in [-0.3, -0.25) is 0 Å². The Morgan fingerprint density at radius 3 is 2.67 bits per heavy atom. The van der Waals surface area contributed by atoms with E-state index in [0.29, 0.717) is 12.1 Å². The van der Waals surface area contributed by atoms with E-state index < -0.39 is 0 Å². The Balaban J connectivity index is 2.07. The first-order valence-corrected chi connectivity index (χ1v) is 6.52. The van der Waals surface area contributed by atoms with E-state index in [1.165, 1.54) is 23.7 Å². The first-order valence-electron chi connectivity index (χ1n) is 6.52. The van der Waals surface area contributed by atoms with Crippen LogP contribution in [0.3, 0.4) is 0 Å². The van der Waals surface area contributed by atoms with E-state index in [2.05, 4.69) is 48.0 Å². The third-order valence-electron chi connectivity index (χ3n) is 4.15. The summed E-state index contributed by atoms with van der Waals surface area (Å²) in [4.78, 5) is 2.33. The summed E-state index contributed by atoms with van der Waals surface area (Å²) in [6, 6.07) is 9.65. The molecule has 1 saturated carbocycles. The molecule has 96 valence electrons. The average Bonchev–Trinajstić information content (AvgIpc) is 2.71. The maximum atomic E-state index is 5.51. The van der Waals surface area contributed by atoms with Crippen LogP contribution in [-0.2, 0) is 0 Å². The Morgan fingerprint density at radius 2 is 2.06 bits per heavy atom. The zero-order chi connectivity index (χ0) is 12.7. The maximum absolute atomic E-state index is 5.51. The van der Waals surface area contributed by atoms with Crippen LogP contribution < -0.4 is 4.74 Å². The Kier molecular flexibility index (Phi) is 2.78. The molecule has 3 rings (SSSR count). The molecule has 3 heteroatoms. The second-order valence-electron chi connectivity index (χ2n) is 5.30. The Morgan fingerprint density at radius 1 is 1.22 bits per heavy atom. The zero-order valence-electron chi connectivity index (χ0n) is 11.3. The number of benzene rings is 1. The zero-order valence-corrected chi connectivity index (χ0v) is 11.3. The number of para-hydroxylation sites is 1. The molecule has 1 aliphatic rings. The van der Waals surface area contributed by atoms with Gasteiger partial charge in [-0.2, -0.15) is 0 Å². The van der Waals surface area contributed by atoms with Gasteiger partial charge in [0.2, 0.25) is 0 Å². The lowest BCUT2D eigenvalue weighted by molar-refractivity contribution is 0.116. The molecule has 0 N–H and O–H groups in total. The molecule has 0 bridgehead atoms. The maximum Gasteiger partial charge on any atom is 0.143 e. The van der Waals surface area contributed by atoms with E-state index in [0.717, 1.165) is 5.75 Å². The molecule has 2 unspecified atom stereocenters. The van der Waals surface area contributed by atoms with E-state index in [-0.39, 0.29) is 0 Å². The third kappa shape index (κ3) is 1.62. The number of likely N-dealkylation sites (N-methyl/N-ethyl adjacent to an activating group) is 1. The minimum Gasteiger partial charge on any atom is -0.495 e. The van der Waals surface area contributed by atoms with Gasteiger partial charge < -0.3 is 14.2 Å². The fourth-order valence-electron chi connectivity index (χ4n) is 3.02. The fraction of sp³-hybridized carbons (Fsp3) is 0.467. The highest BCUT2D eigenvalue weighted by atomic mass is 16.5. The monoisotopic (exact) mass is 244 g/mol. The quantitative estimate of drug-likeness (QED) is 0.826. The van der Waals surface area contributed by atoms with Gasteiger partial charge in [-0.15, -0.1) is 0 Å². The lowest BCUT2D eigenvalue weighted by Crippen LogP contribution is -2.44. The van der Waals surface area contributed by atoms with E-state index in [4.69, 9.17) is 4.74 Å². The third-order valence-corrected chi connectivity index (χ3v) is 4.15. The summed E-state index contributed by atoms with van der Waals surface area (Å²) < 4.78 is 7.90. The molecule has 0 saturated heterocycles. The van der Waals surface area contributed by atoms with Crippen LogP contribution in [0.5, 0.6) is 5.75 Å². The van der Waals surface area contributed by atoms with Gasteiger partial charge >= 0.3 is 0 Å². The normalized spacial score (nSPS) is 23.3. The van der Waals surface area contributed by atoms with Crippen LogP contribution in [0.2, 0.25) is 0 Å². The predicted molar refractivity (Wildman–Crippen MR) is 74.2 cm³/mol.